The highest BCUT2D eigenvalue weighted by molar-refractivity contribution is 7.91. The maximum atomic E-state index is 12.5. The van der Waals surface area contributed by atoms with Gasteiger partial charge in [0.25, 0.3) is 0 Å². The van der Waals surface area contributed by atoms with Gasteiger partial charge in [-0.05, 0) is 39.0 Å². The van der Waals surface area contributed by atoms with Crippen molar-refractivity contribution in [3.05, 3.63) is 42.1 Å². The average molecular weight is 321 g/mol. The summed E-state index contributed by atoms with van der Waals surface area (Å²) in [5.74, 6) is 0. The molecule has 0 saturated carbocycles. The third-order valence-corrected chi connectivity index (χ3v) is 5.06. The number of hydrogen-bond donors (Lipinski definition) is 0. The summed E-state index contributed by atoms with van der Waals surface area (Å²) in [5, 5.41) is 3.81. The SMILES string of the molecule is CCN(CC)C(=O)n1ccc(S(=O)(=O)c2ccc(C)cc2)n1. The molecule has 0 aliphatic rings. The van der Waals surface area contributed by atoms with E-state index >= 15 is 0 Å². The van der Waals surface area contributed by atoms with E-state index in [1.165, 1.54) is 24.4 Å². The lowest BCUT2D eigenvalue weighted by Crippen LogP contribution is -2.34. The van der Waals surface area contributed by atoms with Gasteiger partial charge in [-0.2, -0.15) is 9.78 Å². The summed E-state index contributed by atoms with van der Waals surface area (Å²) < 4.78 is 26.0. The Balaban J connectivity index is 2.35. The van der Waals surface area contributed by atoms with Crippen LogP contribution in [0.1, 0.15) is 19.4 Å². The molecular formula is C15H19N3O3S. The molecule has 0 fully saturated rings. The average Bonchev–Trinajstić information content (AvgIpc) is 2.99. The van der Waals surface area contributed by atoms with Crippen LogP contribution in [0.4, 0.5) is 4.79 Å². The predicted molar refractivity (Wildman–Crippen MR) is 82.6 cm³/mol. The van der Waals surface area contributed by atoms with Gasteiger partial charge in [-0.25, -0.2) is 13.2 Å². The summed E-state index contributed by atoms with van der Waals surface area (Å²) >= 11 is 0. The van der Waals surface area contributed by atoms with Crippen LogP contribution < -0.4 is 0 Å². The van der Waals surface area contributed by atoms with E-state index in [4.69, 9.17) is 0 Å². The van der Waals surface area contributed by atoms with Gasteiger partial charge in [0.2, 0.25) is 9.84 Å². The number of rotatable bonds is 4. The fraction of sp³-hybridized carbons (Fsp3) is 0.333. The summed E-state index contributed by atoms with van der Waals surface area (Å²) in [6, 6.07) is 7.54. The van der Waals surface area contributed by atoms with Crippen molar-refractivity contribution in [2.24, 2.45) is 0 Å². The van der Waals surface area contributed by atoms with Crippen LogP contribution >= 0.6 is 0 Å². The third kappa shape index (κ3) is 3.04. The first kappa shape index (κ1) is 16.2. The van der Waals surface area contributed by atoms with E-state index in [1.807, 2.05) is 20.8 Å². The van der Waals surface area contributed by atoms with Gasteiger partial charge in [-0.1, -0.05) is 17.7 Å². The van der Waals surface area contributed by atoms with Gasteiger partial charge in [0.05, 0.1) is 4.90 Å². The van der Waals surface area contributed by atoms with Gasteiger partial charge in [-0.3, -0.25) is 0 Å². The van der Waals surface area contributed by atoms with Gasteiger partial charge in [0.15, 0.2) is 5.03 Å². The van der Waals surface area contributed by atoms with Crippen molar-refractivity contribution >= 4 is 15.9 Å². The molecule has 0 radical (unpaired) electrons. The Bertz CT molecular complexity index is 760. The lowest BCUT2D eigenvalue weighted by Gasteiger charge is -2.17. The van der Waals surface area contributed by atoms with Crippen LogP contribution in [0.5, 0.6) is 0 Å². The molecule has 1 aromatic carbocycles. The molecule has 2 aromatic rings. The summed E-state index contributed by atoms with van der Waals surface area (Å²) in [6.45, 7) is 6.67. The molecule has 118 valence electrons. The topological polar surface area (TPSA) is 72.3 Å². The van der Waals surface area contributed by atoms with Gasteiger partial charge >= 0.3 is 6.03 Å². The summed E-state index contributed by atoms with van der Waals surface area (Å²) in [7, 11) is -3.71. The number of benzene rings is 1. The van der Waals surface area contributed by atoms with Gasteiger partial charge in [-0.15, -0.1) is 0 Å². The fourth-order valence-electron chi connectivity index (χ4n) is 2.03. The Morgan fingerprint density at radius 3 is 2.27 bits per heavy atom. The van der Waals surface area contributed by atoms with Gasteiger partial charge in [0, 0.05) is 19.3 Å². The van der Waals surface area contributed by atoms with Crippen molar-refractivity contribution in [3.63, 3.8) is 0 Å². The molecule has 1 heterocycles. The third-order valence-electron chi connectivity index (χ3n) is 3.40. The fourth-order valence-corrected chi connectivity index (χ4v) is 3.21. The van der Waals surface area contributed by atoms with Crippen molar-refractivity contribution < 1.29 is 13.2 Å². The summed E-state index contributed by atoms with van der Waals surface area (Å²) in [4.78, 5) is 13.9. The van der Waals surface area contributed by atoms with E-state index < -0.39 is 9.84 Å². The van der Waals surface area contributed by atoms with E-state index in [2.05, 4.69) is 5.10 Å². The maximum absolute atomic E-state index is 12.5. The van der Waals surface area contributed by atoms with Crippen LogP contribution in [-0.4, -0.2) is 42.2 Å². The minimum Gasteiger partial charge on any atom is -0.323 e. The molecule has 0 aliphatic heterocycles. The smallest absolute Gasteiger partial charge is 0.323 e. The minimum absolute atomic E-state index is 0.128. The number of carbonyl (C=O) groups is 1. The van der Waals surface area contributed by atoms with Gasteiger partial charge < -0.3 is 4.90 Å². The first-order chi connectivity index (χ1) is 10.4. The number of hydrogen-bond acceptors (Lipinski definition) is 4. The number of aromatic nitrogens is 2. The molecule has 0 saturated heterocycles. The molecule has 1 amide bonds. The number of aryl methyl sites for hydroxylation is 1. The second-order valence-electron chi connectivity index (χ2n) is 4.87. The van der Waals surface area contributed by atoms with Gasteiger partial charge in [0.1, 0.15) is 0 Å². The molecule has 0 aliphatic carbocycles. The Labute approximate surface area is 130 Å². The van der Waals surface area contributed by atoms with Crippen LogP contribution in [0.3, 0.4) is 0 Å². The number of carbonyl (C=O) groups excluding carboxylic acids is 1. The molecule has 2 rings (SSSR count). The van der Waals surface area contributed by atoms with Crippen LogP contribution in [0.25, 0.3) is 0 Å². The van der Waals surface area contributed by atoms with Crippen molar-refractivity contribution in [2.75, 3.05) is 13.1 Å². The van der Waals surface area contributed by atoms with Crippen LogP contribution in [0.2, 0.25) is 0 Å². The minimum atomic E-state index is -3.71. The molecule has 0 bridgehead atoms. The number of sulfone groups is 1. The maximum Gasteiger partial charge on any atom is 0.344 e. The monoisotopic (exact) mass is 321 g/mol. The van der Waals surface area contributed by atoms with E-state index in [0.717, 1.165) is 10.2 Å². The standard InChI is InChI=1S/C15H19N3O3S/c1-4-17(5-2)15(19)18-11-10-14(16-18)22(20,21)13-8-6-12(3)7-9-13/h6-11H,4-5H2,1-3H3. The quantitative estimate of drug-likeness (QED) is 0.866. The molecule has 1 aromatic heterocycles. The Hall–Kier alpha value is -2.15. The highest BCUT2D eigenvalue weighted by atomic mass is 32.2. The van der Waals surface area contributed by atoms with Crippen molar-refractivity contribution in [2.45, 2.75) is 30.7 Å². The van der Waals surface area contributed by atoms with E-state index in [9.17, 15) is 13.2 Å². The molecule has 0 atom stereocenters. The normalized spacial score (nSPS) is 11.4. The molecule has 0 spiro atoms. The lowest BCUT2D eigenvalue weighted by atomic mass is 10.2. The second kappa shape index (κ2) is 6.31. The first-order valence-electron chi connectivity index (χ1n) is 7.06. The zero-order valence-corrected chi connectivity index (χ0v) is 13.7. The van der Waals surface area contributed by atoms with Crippen molar-refractivity contribution in [1.82, 2.24) is 14.7 Å². The number of nitrogens with zero attached hydrogens (tertiary/aromatic N) is 3. The second-order valence-corrected chi connectivity index (χ2v) is 6.77. The van der Waals surface area contributed by atoms with E-state index in [0.29, 0.717) is 13.1 Å². The van der Waals surface area contributed by atoms with Crippen LogP contribution in [0.15, 0.2) is 46.5 Å². The highest BCUT2D eigenvalue weighted by Gasteiger charge is 2.22. The predicted octanol–water partition coefficient (Wildman–Crippen LogP) is 2.33. The lowest BCUT2D eigenvalue weighted by molar-refractivity contribution is 0.201. The molecule has 0 N–H and O–H groups in total. The van der Waals surface area contributed by atoms with E-state index in [-0.39, 0.29) is 16.0 Å². The molecular weight excluding hydrogens is 302 g/mol. The highest BCUT2D eigenvalue weighted by Crippen LogP contribution is 2.19. The summed E-state index contributed by atoms with van der Waals surface area (Å²) in [6.07, 6.45) is 1.38. The molecule has 7 heteroatoms. The molecule has 6 nitrogen and oxygen atoms in total. The largest absolute Gasteiger partial charge is 0.344 e. The molecule has 22 heavy (non-hydrogen) atoms. The van der Waals surface area contributed by atoms with Crippen LogP contribution in [0, 0.1) is 6.92 Å². The van der Waals surface area contributed by atoms with Crippen LogP contribution in [-0.2, 0) is 9.84 Å². The van der Waals surface area contributed by atoms with Crippen molar-refractivity contribution in [1.29, 1.82) is 0 Å². The summed E-state index contributed by atoms with van der Waals surface area (Å²) in [5.41, 5.74) is 0.973. The zero-order chi connectivity index (χ0) is 16.3. The van der Waals surface area contributed by atoms with Crippen molar-refractivity contribution in [3.8, 4) is 0 Å². The number of amides is 1. The zero-order valence-electron chi connectivity index (χ0n) is 12.9. The first-order valence-corrected chi connectivity index (χ1v) is 8.55. The Morgan fingerprint density at radius 1 is 1.14 bits per heavy atom. The molecule has 0 unspecified atom stereocenters. The Morgan fingerprint density at radius 2 is 1.73 bits per heavy atom. The van der Waals surface area contributed by atoms with E-state index in [1.54, 1.807) is 17.0 Å². The Kier molecular flexibility index (Phi) is 4.65.